The minimum atomic E-state index is -0.205. The standard InChI is InChI=1S/C13H13BrClN3O/c1-7-12(8(2)18(3)17-7)13(19)16-11-6-9(14)4-5-10(11)15/h4-6H,1-3H3,(H,16,19). The fraction of sp³-hybridized carbons (Fsp3) is 0.231. The second kappa shape index (κ2) is 5.35. The molecule has 0 atom stereocenters. The van der Waals surface area contributed by atoms with Crippen molar-refractivity contribution in [2.45, 2.75) is 13.8 Å². The van der Waals surface area contributed by atoms with Crippen LogP contribution >= 0.6 is 27.5 Å². The van der Waals surface area contributed by atoms with Crippen molar-refractivity contribution >= 4 is 39.1 Å². The lowest BCUT2D eigenvalue weighted by atomic mass is 10.2. The number of hydrogen-bond donors (Lipinski definition) is 1. The molecule has 1 aromatic heterocycles. The molecule has 4 nitrogen and oxygen atoms in total. The van der Waals surface area contributed by atoms with E-state index in [9.17, 15) is 4.79 Å². The van der Waals surface area contributed by atoms with Gasteiger partial charge in [-0.2, -0.15) is 5.10 Å². The van der Waals surface area contributed by atoms with Crippen LogP contribution in [0.5, 0.6) is 0 Å². The average molecular weight is 343 g/mol. The van der Waals surface area contributed by atoms with Crippen LogP contribution in [0, 0.1) is 13.8 Å². The van der Waals surface area contributed by atoms with E-state index in [4.69, 9.17) is 11.6 Å². The topological polar surface area (TPSA) is 46.9 Å². The van der Waals surface area contributed by atoms with Gasteiger partial charge in [-0.25, -0.2) is 0 Å². The van der Waals surface area contributed by atoms with Gasteiger partial charge in [0.15, 0.2) is 0 Å². The molecule has 1 amide bonds. The Morgan fingerprint density at radius 3 is 2.68 bits per heavy atom. The van der Waals surface area contributed by atoms with Gasteiger partial charge in [-0.1, -0.05) is 27.5 Å². The van der Waals surface area contributed by atoms with Crippen molar-refractivity contribution in [3.8, 4) is 0 Å². The van der Waals surface area contributed by atoms with Gasteiger partial charge in [0.05, 0.1) is 22.0 Å². The highest BCUT2D eigenvalue weighted by molar-refractivity contribution is 9.10. The number of halogens is 2. The largest absolute Gasteiger partial charge is 0.320 e. The van der Waals surface area contributed by atoms with Gasteiger partial charge in [0.25, 0.3) is 5.91 Å². The summed E-state index contributed by atoms with van der Waals surface area (Å²) in [7, 11) is 1.81. The number of anilines is 1. The molecule has 1 N–H and O–H groups in total. The number of aryl methyl sites for hydroxylation is 2. The van der Waals surface area contributed by atoms with E-state index in [0.29, 0.717) is 22.0 Å². The zero-order valence-corrected chi connectivity index (χ0v) is 13.1. The second-order valence-corrected chi connectivity index (χ2v) is 5.57. The highest BCUT2D eigenvalue weighted by atomic mass is 79.9. The van der Waals surface area contributed by atoms with Gasteiger partial charge >= 0.3 is 0 Å². The molecular weight excluding hydrogens is 330 g/mol. The van der Waals surface area contributed by atoms with Crippen molar-refractivity contribution < 1.29 is 4.79 Å². The number of aromatic nitrogens is 2. The van der Waals surface area contributed by atoms with Crippen molar-refractivity contribution in [2.24, 2.45) is 7.05 Å². The van der Waals surface area contributed by atoms with Crippen molar-refractivity contribution in [3.05, 3.63) is 44.6 Å². The van der Waals surface area contributed by atoms with Gasteiger partial charge < -0.3 is 5.32 Å². The molecule has 2 aromatic rings. The second-order valence-electron chi connectivity index (χ2n) is 4.25. The molecule has 1 aromatic carbocycles. The van der Waals surface area contributed by atoms with Crippen LogP contribution in [0.4, 0.5) is 5.69 Å². The molecule has 0 fully saturated rings. The summed E-state index contributed by atoms with van der Waals surface area (Å²) in [6, 6.07) is 5.31. The van der Waals surface area contributed by atoms with Crippen LogP contribution in [0.3, 0.4) is 0 Å². The molecule has 2 rings (SSSR count). The molecule has 6 heteroatoms. The maximum atomic E-state index is 12.3. The smallest absolute Gasteiger partial charge is 0.259 e. The van der Waals surface area contributed by atoms with Gasteiger partial charge in [0.1, 0.15) is 0 Å². The van der Waals surface area contributed by atoms with Gasteiger partial charge in [-0.05, 0) is 32.0 Å². The summed E-state index contributed by atoms with van der Waals surface area (Å²) in [6.07, 6.45) is 0. The number of benzene rings is 1. The minimum Gasteiger partial charge on any atom is -0.320 e. The van der Waals surface area contributed by atoms with Gasteiger partial charge in [-0.15, -0.1) is 0 Å². The lowest BCUT2D eigenvalue weighted by molar-refractivity contribution is 0.102. The summed E-state index contributed by atoms with van der Waals surface area (Å²) in [5.41, 5.74) is 2.67. The fourth-order valence-corrected chi connectivity index (χ4v) is 2.41. The number of amides is 1. The zero-order valence-electron chi connectivity index (χ0n) is 10.8. The predicted octanol–water partition coefficient (Wildman–Crippen LogP) is 3.71. The van der Waals surface area contributed by atoms with E-state index in [1.807, 2.05) is 27.0 Å². The number of rotatable bonds is 2. The van der Waals surface area contributed by atoms with E-state index in [-0.39, 0.29) is 5.91 Å². The normalized spacial score (nSPS) is 10.6. The van der Waals surface area contributed by atoms with E-state index in [1.54, 1.807) is 16.8 Å². The monoisotopic (exact) mass is 341 g/mol. The third-order valence-corrected chi connectivity index (χ3v) is 3.74. The van der Waals surface area contributed by atoms with Gasteiger partial charge in [0.2, 0.25) is 0 Å². The summed E-state index contributed by atoms with van der Waals surface area (Å²) in [4.78, 5) is 12.3. The van der Waals surface area contributed by atoms with Crippen molar-refractivity contribution in [3.63, 3.8) is 0 Å². The SMILES string of the molecule is Cc1nn(C)c(C)c1C(=O)Nc1cc(Br)ccc1Cl. The van der Waals surface area contributed by atoms with E-state index >= 15 is 0 Å². The first-order valence-corrected chi connectivity index (χ1v) is 6.84. The maximum Gasteiger partial charge on any atom is 0.259 e. The number of nitrogens with zero attached hydrogens (tertiary/aromatic N) is 2. The molecule has 0 spiro atoms. The lowest BCUT2D eigenvalue weighted by Crippen LogP contribution is -2.14. The Labute approximate surface area is 124 Å². The minimum absolute atomic E-state index is 0.205. The summed E-state index contributed by atoms with van der Waals surface area (Å²) in [5.74, 6) is -0.205. The highest BCUT2D eigenvalue weighted by Gasteiger charge is 2.18. The van der Waals surface area contributed by atoms with Crippen LogP contribution in [-0.2, 0) is 7.05 Å². The molecule has 0 aliphatic carbocycles. The summed E-state index contributed by atoms with van der Waals surface area (Å²) in [5, 5.41) is 7.53. The van der Waals surface area contributed by atoms with Crippen LogP contribution in [0.2, 0.25) is 5.02 Å². The molecule has 0 saturated heterocycles. The lowest BCUT2D eigenvalue weighted by Gasteiger charge is -2.08. The molecule has 0 saturated carbocycles. The molecule has 1 heterocycles. The van der Waals surface area contributed by atoms with Gasteiger partial charge in [0, 0.05) is 17.2 Å². The summed E-state index contributed by atoms with van der Waals surface area (Å²) in [6.45, 7) is 3.67. The Bertz CT molecular complexity index is 652. The summed E-state index contributed by atoms with van der Waals surface area (Å²) >= 11 is 9.41. The summed E-state index contributed by atoms with van der Waals surface area (Å²) < 4.78 is 2.54. The fourth-order valence-electron chi connectivity index (χ4n) is 1.88. The first kappa shape index (κ1) is 14.1. The molecule has 0 aliphatic heterocycles. The third-order valence-electron chi connectivity index (χ3n) is 2.91. The van der Waals surface area contributed by atoms with Crippen LogP contribution in [0.1, 0.15) is 21.7 Å². The quantitative estimate of drug-likeness (QED) is 0.904. The number of nitrogens with one attached hydrogen (secondary N) is 1. The van der Waals surface area contributed by atoms with Crippen molar-refractivity contribution in [1.82, 2.24) is 9.78 Å². The van der Waals surface area contributed by atoms with Crippen LogP contribution in [0.25, 0.3) is 0 Å². The molecule has 100 valence electrons. The van der Waals surface area contributed by atoms with Crippen molar-refractivity contribution in [2.75, 3.05) is 5.32 Å². The number of carbonyl (C=O) groups is 1. The number of carbonyl (C=O) groups excluding carboxylic acids is 1. The molecule has 0 aliphatic rings. The molecule has 0 bridgehead atoms. The predicted molar refractivity (Wildman–Crippen MR) is 79.8 cm³/mol. The molecule has 0 radical (unpaired) electrons. The Morgan fingerprint density at radius 2 is 2.11 bits per heavy atom. The first-order valence-electron chi connectivity index (χ1n) is 5.66. The Balaban J connectivity index is 2.33. The molecule has 0 unspecified atom stereocenters. The third kappa shape index (κ3) is 2.82. The Kier molecular flexibility index (Phi) is 3.96. The van der Waals surface area contributed by atoms with Crippen LogP contribution in [0.15, 0.2) is 22.7 Å². The average Bonchev–Trinajstić information content (AvgIpc) is 2.58. The molecular formula is C13H13BrClN3O. The van der Waals surface area contributed by atoms with E-state index < -0.39 is 0 Å². The van der Waals surface area contributed by atoms with Crippen LogP contribution < -0.4 is 5.32 Å². The van der Waals surface area contributed by atoms with Crippen molar-refractivity contribution in [1.29, 1.82) is 0 Å². The van der Waals surface area contributed by atoms with E-state index in [1.165, 1.54) is 0 Å². The number of hydrogen-bond acceptors (Lipinski definition) is 2. The Morgan fingerprint density at radius 1 is 1.42 bits per heavy atom. The van der Waals surface area contributed by atoms with E-state index in [2.05, 4.69) is 26.3 Å². The first-order chi connectivity index (χ1) is 8.90. The van der Waals surface area contributed by atoms with Crippen LogP contribution in [-0.4, -0.2) is 15.7 Å². The van der Waals surface area contributed by atoms with E-state index in [0.717, 1.165) is 10.2 Å². The Hall–Kier alpha value is -1.33. The maximum absolute atomic E-state index is 12.3. The highest BCUT2D eigenvalue weighted by Crippen LogP contribution is 2.26. The van der Waals surface area contributed by atoms with Gasteiger partial charge in [-0.3, -0.25) is 9.48 Å². The zero-order chi connectivity index (χ0) is 14.2. The molecule has 19 heavy (non-hydrogen) atoms.